The average Bonchev–Trinajstić information content (AvgIpc) is 2.41. The standard InChI is InChI=1S/C14H21N3O3/c1-10(2)17(8-7-13(15)16-20)14(19)9-11-5-3-4-6-12(11)18/h3-6,10,18,20H,7-9H2,1-2H3,(H2,15,16). The Morgan fingerprint density at radius 3 is 2.60 bits per heavy atom. The number of carbonyl (C=O) groups excluding carboxylic acids is 1. The van der Waals surface area contributed by atoms with E-state index in [0.29, 0.717) is 18.5 Å². The first-order valence-corrected chi connectivity index (χ1v) is 6.48. The lowest BCUT2D eigenvalue weighted by molar-refractivity contribution is -0.132. The SMILES string of the molecule is CC(C)N(CC/C(N)=N/O)C(=O)Cc1ccccc1O. The summed E-state index contributed by atoms with van der Waals surface area (Å²) in [7, 11) is 0. The highest BCUT2D eigenvalue weighted by molar-refractivity contribution is 5.82. The molecule has 1 amide bonds. The molecule has 0 aliphatic rings. The van der Waals surface area contributed by atoms with Crippen molar-refractivity contribution in [2.24, 2.45) is 10.9 Å². The fourth-order valence-corrected chi connectivity index (χ4v) is 1.88. The van der Waals surface area contributed by atoms with Gasteiger partial charge in [-0.2, -0.15) is 0 Å². The first-order valence-electron chi connectivity index (χ1n) is 6.48. The van der Waals surface area contributed by atoms with Gasteiger partial charge in [-0.1, -0.05) is 23.4 Å². The second-order valence-electron chi connectivity index (χ2n) is 4.83. The van der Waals surface area contributed by atoms with Crippen molar-refractivity contribution in [2.75, 3.05) is 6.54 Å². The molecule has 0 saturated heterocycles. The van der Waals surface area contributed by atoms with Crippen LogP contribution in [-0.2, 0) is 11.2 Å². The number of nitrogens with two attached hydrogens (primary N) is 1. The van der Waals surface area contributed by atoms with Gasteiger partial charge in [0.15, 0.2) is 0 Å². The minimum absolute atomic E-state index is 0.000141. The number of nitrogens with zero attached hydrogens (tertiary/aromatic N) is 2. The number of hydrogen-bond acceptors (Lipinski definition) is 4. The van der Waals surface area contributed by atoms with Gasteiger partial charge in [0, 0.05) is 24.6 Å². The molecule has 0 radical (unpaired) electrons. The number of para-hydroxylation sites is 1. The van der Waals surface area contributed by atoms with Gasteiger partial charge in [-0.25, -0.2) is 0 Å². The average molecular weight is 279 g/mol. The zero-order valence-electron chi connectivity index (χ0n) is 11.8. The molecule has 0 aliphatic heterocycles. The third-order valence-corrected chi connectivity index (χ3v) is 3.01. The third-order valence-electron chi connectivity index (χ3n) is 3.01. The summed E-state index contributed by atoms with van der Waals surface area (Å²) in [5.74, 6) is 0.0965. The smallest absolute Gasteiger partial charge is 0.227 e. The molecule has 6 nitrogen and oxygen atoms in total. The van der Waals surface area contributed by atoms with Gasteiger partial charge in [0.05, 0.1) is 6.42 Å². The predicted octanol–water partition coefficient (Wildman–Crippen LogP) is 1.31. The Balaban J connectivity index is 2.72. The maximum atomic E-state index is 12.3. The van der Waals surface area contributed by atoms with Gasteiger partial charge in [0.2, 0.25) is 5.91 Å². The quantitative estimate of drug-likeness (QED) is 0.316. The maximum Gasteiger partial charge on any atom is 0.227 e. The Labute approximate surface area is 118 Å². The summed E-state index contributed by atoms with van der Waals surface area (Å²) in [6, 6.07) is 6.76. The molecule has 0 unspecified atom stereocenters. The zero-order valence-corrected chi connectivity index (χ0v) is 11.8. The lowest BCUT2D eigenvalue weighted by Crippen LogP contribution is -2.40. The molecule has 1 rings (SSSR count). The van der Waals surface area contributed by atoms with Crippen molar-refractivity contribution in [1.29, 1.82) is 0 Å². The lowest BCUT2D eigenvalue weighted by atomic mass is 10.1. The molecule has 6 heteroatoms. The number of amidine groups is 1. The first kappa shape index (κ1) is 15.8. The van der Waals surface area contributed by atoms with Crippen LogP contribution in [0.15, 0.2) is 29.4 Å². The highest BCUT2D eigenvalue weighted by Gasteiger charge is 2.18. The Morgan fingerprint density at radius 1 is 1.40 bits per heavy atom. The molecule has 1 aromatic rings. The highest BCUT2D eigenvalue weighted by atomic mass is 16.4. The minimum Gasteiger partial charge on any atom is -0.508 e. The Hall–Kier alpha value is -2.24. The van der Waals surface area contributed by atoms with E-state index in [9.17, 15) is 9.90 Å². The van der Waals surface area contributed by atoms with E-state index < -0.39 is 0 Å². The maximum absolute atomic E-state index is 12.3. The van der Waals surface area contributed by atoms with Gasteiger partial charge in [0.1, 0.15) is 11.6 Å². The highest BCUT2D eigenvalue weighted by Crippen LogP contribution is 2.17. The predicted molar refractivity (Wildman–Crippen MR) is 76.7 cm³/mol. The number of oxime groups is 1. The van der Waals surface area contributed by atoms with Crippen LogP contribution < -0.4 is 5.73 Å². The second-order valence-corrected chi connectivity index (χ2v) is 4.83. The van der Waals surface area contributed by atoms with Gasteiger partial charge in [0.25, 0.3) is 0 Å². The van der Waals surface area contributed by atoms with Crippen LogP contribution in [0.4, 0.5) is 0 Å². The van der Waals surface area contributed by atoms with Gasteiger partial charge >= 0.3 is 0 Å². The van der Waals surface area contributed by atoms with Crippen molar-refractivity contribution in [1.82, 2.24) is 4.90 Å². The number of hydrogen-bond donors (Lipinski definition) is 3. The number of amides is 1. The minimum atomic E-state index is -0.104. The number of phenols is 1. The summed E-state index contributed by atoms with van der Waals surface area (Å²) in [6.45, 7) is 4.17. The van der Waals surface area contributed by atoms with Crippen LogP contribution in [0.5, 0.6) is 5.75 Å². The molecule has 0 bridgehead atoms. The lowest BCUT2D eigenvalue weighted by Gasteiger charge is -2.26. The summed E-state index contributed by atoms with van der Waals surface area (Å²) >= 11 is 0. The normalized spacial score (nSPS) is 11.7. The number of benzene rings is 1. The van der Waals surface area contributed by atoms with Crippen molar-refractivity contribution in [2.45, 2.75) is 32.7 Å². The van der Waals surface area contributed by atoms with E-state index in [0.717, 1.165) is 0 Å². The van der Waals surface area contributed by atoms with Crippen molar-refractivity contribution in [3.8, 4) is 5.75 Å². The molecule has 4 N–H and O–H groups in total. The zero-order chi connectivity index (χ0) is 15.1. The van der Waals surface area contributed by atoms with Gasteiger partial charge in [-0.3, -0.25) is 4.79 Å². The molecule has 110 valence electrons. The van der Waals surface area contributed by atoms with E-state index in [1.807, 2.05) is 13.8 Å². The third kappa shape index (κ3) is 4.46. The number of carbonyl (C=O) groups is 1. The van der Waals surface area contributed by atoms with Crippen LogP contribution in [0.25, 0.3) is 0 Å². The van der Waals surface area contributed by atoms with E-state index in [-0.39, 0.29) is 30.0 Å². The van der Waals surface area contributed by atoms with Gasteiger partial charge in [-0.05, 0) is 19.9 Å². The molecule has 1 aromatic carbocycles. The molecule has 0 aliphatic carbocycles. The summed E-state index contributed by atoms with van der Waals surface area (Å²) in [4.78, 5) is 13.9. The topological polar surface area (TPSA) is 99.1 Å². The number of rotatable bonds is 6. The van der Waals surface area contributed by atoms with Crippen LogP contribution in [0.1, 0.15) is 25.8 Å². The molecule has 0 spiro atoms. The first-order chi connectivity index (χ1) is 9.45. The fourth-order valence-electron chi connectivity index (χ4n) is 1.88. The monoisotopic (exact) mass is 279 g/mol. The van der Waals surface area contributed by atoms with Crippen molar-refractivity contribution < 1.29 is 15.1 Å². The Bertz CT molecular complexity index is 486. The van der Waals surface area contributed by atoms with E-state index in [2.05, 4.69) is 5.16 Å². The Kier molecular flexibility index (Phi) is 5.83. The molecular formula is C14H21N3O3. The molecule has 0 atom stereocenters. The van der Waals surface area contributed by atoms with Crippen LogP contribution >= 0.6 is 0 Å². The molecule has 0 heterocycles. The second kappa shape index (κ2) is 7.37. The molecule has 0 aromatic heterocycles. The summed E-state index contributed by atoms with van der Waals surface area (Å²) in [5.41, 5.74) is 6.01. The van der Waals surface area contributed by atoms with Crippen LogP contribution in [0.3, 0.4) is 0 Å². The summed E-state index contributed by atoms with van der Waals surface area (Å²) in [5, 5.41) is 21.1. The van der Waals surface area contributed by atoms with Crippen LogP contribution in [0.2, 0.25) is 0 Å². The fraction of sp³-hybridized carbons (Fsp3) is 0.429. The van der Waals surface area contributed by atoms with E-state index in [1.54, 1.807) is 29.2 Å². The largest absolute Gasteiger partial charge is 0.508 e. The van der Waals surface area contributed by atoms with E-state index in [1.165, 1.54) is 0 Å². The molecule has 0 fully saturated rings. The summed E-state index contributed by atoms with van der Waals surface area (Å²) in [6.07, 6.45) is 0.433. The number of aromatic hydroxyl groups is 1. The van der Waals surface area contributed by atoms with Crippen molar-refractivity contribution in [3.63, 3.8) is 0 Å². The molecular weight excluding hydrogens is 258 g/mol. The van der Waals surface area contributed by atoms with Crippen LogP contribution in [0, 0.1) is 0 Å². The molecule has 0 saturated carbocycles. The number of phenolic OH excluding ortho intramolecular Hbond substituents is 1. The van der Waals surface area contributed by atoms with E-state index in [4.69, 9.17) is 10.9 Å². The molecule has 20 heavy (non-hydrogen) atoms. The van der Waals surface area contributed by atoms with Gasteiger partial charge < -0.3 is 20.9 Å². The van der Waals surface area contributed by atoms with Crippen LogP contribution in [-0.4, -0.2) is 39.5 Å². The Morgan fingerprint density at radius 2 is 2.05 bits per heavy atom. The van der Waals surface area contributed by atoms with E-state index >= 15 is 0 Å². The van der Waals surface area contributed by atoms with Crippen molar-refractivity contribution >= 4 is 11.7 Å². The van der Waals surface area contributed by atoms with Gasteiger partial charge in [-0.15, -0.1) is 0 Å². The van der Waals surface area contributed by atoms with Crippen molar-refractivity contribution in [3.05, 3.63) is 29.8 Å². The summed E-state index contributed by atoms with van der Waals surface area (Å²) < 4.78 is 0.